The number of amides is 1. The van der Waals surface area contributed by atoms with E-state index < -0.39 is 0 Å². The Balaban J connectivity index is 1.61. The van der Waals surface area contributed by atoms with E-state index in [1.807, 2.05) is 41.8 Å². The topological polar surface area (TPSA) is 77.1 Å². The standard InChI is InChI=1S/C21H24N6O/c1-3-7-19-25-16-8-5-6-9-18(16)27(19)17(4-2)21(28)24-13-15-12-23-20-14-22-10-11-26(15)20/h5-6,8-12,14,17H,3-4,7,13H2,1-2H3,(H,24,28)/t17-/m1/s1. The summed E-state index contributed by atoms with van der Waals surface area (Å²) in [5.74, 6) is 0.957. The normalized spacial score (nSPS) is 12.5. The Morgan fingerprint density at radius 2 is 2.07 bits per heavy atom. The summed E-state index contributed by atoms with van der Waals surface area (Å²) >= 11 is 0. The minimum atomic E-state index is -0.296. The molecule has 3 aromatic heterocycles. The third kappa shape index (κ3) is 3.24. The molecule has 1 atom stereocenters. The van der Waals surface area contributed by atoms with Gasteiger partial charge in [0.25, 0.3) is 0 Å². The number of carbonyl (C=O) groups is 1. The average molecular weight is 376 g/mol. The molecule has 4 aromatic rings. The number of aromatic nitrogens is 5. The van der Waals surface area contributed by atoms with Crippen molar-refractivity contribution in [1.82, 2.24) is 29.2 Å². The Hall–Kier alpha value is -3.22. The lowest BCUT2D eigenvalue weighted by molar-refractivity contribution is -0.124. The molecule has 4 rings (SSSR count). The summed E-state index contributed by atoms with van der Waals surface area (Å²) in [6, 6.07) is 7.72. The number of benzene rings is 1. The van der Waals surface area contributed by atoms with Crippen LogP contribution in [0.2, 0.25) is 0 Å². The molecular formula is C21H24N6O. The molecule has 0 aliphatic carbocycles. The van der Waals surface area contributed by atoms with E-state index in [2.05, 4.69) is 26.8 Å². The van der Waals surface area contributed by atoms with Crippen molar-refractivity contribution in [3.05, 3.63) is 60.6 Å². The average Bonchev–Trinajstić information content (AvgIpc) is 3.29. The fourth-order valence-electron chi connectivity index (χ4n) is 3.65. The highest BCUT2D eigenvalue weighted by molar-refractivity contribution is 5.84. The van der Waals surface area contributed by atoms with Gasteiger partial charge in [-0.1, -0.05) is 26.0 Å². The number of para-hydroxylation sites is 2. The number of aryl methyl sites for hydroxylation is 1. The van der Waals surface area contributed by atoms with Gasteiger partial charge in [-0.05, 0) is 25.0 Å². The number of nitrogens with one attached hydrogen (secondary N) is 1. The Morgan fingerprint density at radius 1 is 1.21 bits per heavy atom. The molecule has 0 saturated carbocycles. The molecule has 0 unspecified atom stereocenters. The van der Waals surface area contributed by atoms with Crippen LogP contribution in [0.1, 0.15) is 44.2 Å². The van der Waals surface area contributed by atoms with E-state index in [-0.39, 0.29) is 11.9 Å². The fraction of sp³-hybridized carbons (Fsp3) is 0.333. The number of fused-ring (bicyclic) bond motifs is 2. The number of nitrogens with zero attached hydrogens (tertiary/aromatic N) is 5. The molecule has 28 heavy (non-hydrogen) atoms. The molecule has 0 saturated heterocycles. The minimum Gasteiger partial charge on any atom is -0.349 e. The molecule has 0 radical (unpaired) electrons. The van der Waals surface area contributed by atoms with Crippen molar-refractivity contribution >= 4 is 22.6 Å². The third-order valence-corrected chi connectivity index (χ3v) is 4.98. The van der Waals surface area contributed by atoms with Gasteiger partial charge in [0.2, 0.25) is 5.91 Å². The molecule has 0 aliphatic heterocycles. The molecule has 7 heteroatoms. The predicted octanol–water partition coefficient (Wildman–Crippen LogP) is 3.30. The Labute approximate surface area is 163 Å². The first-order valence-corrected chi connectivity index (χ1v) is 9.72. The highest BCUT2D eigenvalue weighted by Crippen LogP contribution is 2.24. The van der Waals surface area contributed by atoms with Crippen molar-refractivity contribution in [2.75, 3.05) is 0 Å². The zero-order valence-electron chi connectivity index (χ0n) is 16.2. The second kappa shape index (κ2) is 7.80. The molecule has 0 bridgehead atoms. The Morgan fingerprint density at radius 3 is 2.89 bits per heavy atom. The summed E-state index contributed by atoms with van der Waals surface area (Å²) in [6.07, 6.45) is 9.56. The van der Waals surface area contributed by atoms with E-state index in [9.17, 15) is 4.79 Å². The third-order valence-electron chi connectivity index (χ3n) is 4.98. The first kappa shape index (κ1) is 18.2. The predicted molar refractivity (Wildman–Crippen MR) is 108 cm³/mol. The summed E-state index contributed by atoms with van der Waals surface area (Å²) < 4.78 is 4.04. The van der Waals surface area contributed by atoms with Gasteiger partial charge < -0.3 is 9.88 Å². The lowest BCUT2D eigenvalue weighted by atomic mass is 10.1. The number of hydrogen-bond acceptors (Lipinski definition) is 4. The molecule has 0 aliphatic rings. The molecule has 3 heterocycles. The van der Waals surface area contributed by atoms with Gasteiger partial charge in [-0.3, -0.25) is 14.2 Å². The summed E-state index contributed by atoms with van der Waals surface area (Å²) in [6.45, 7) is 4.58. The van der Waals surface area contributed by atoms with E-state index in [4.69, 9.17) is 4.98 Å². The van der Waals surface area contributed by atoms with E-state index in [0.29, 0.717) is 13.0 Å². The van der Waals surface area contributed by atoms with Crippen LogP contribution in [0, 0.1) is 0 Å². The van der Waals surface area contributed by atoms with Crippen LogP contribution in [-0.4, -0.2) is 29.8 Å². The van der Waals surface area contributed by atoms with E-state index in [0.717, 1.165) is 41.0 Å². The Bertz CT molecular complexity index is 1110. The van der Waals surface area contributed by atoms with Crippen molar-refractivity contribution in [2.45, 2.75) is 45.7 Å². The van der Waals surface area contributed by atoms with Crippen LogP contribution in [0.3, 0.4) is 0 Å². The molecule has 0 spiro atoms. The number of carbonyl (C=O) groups excluding carboxylic acids is 1. The Kier molecular flexibility index (Phi) is 5.06. The van der Waals surface area contributed by atoms with Gasteiger partial charge in [-0.15, -0.1) is 0 Å². The zero-order valence-corrected chi connectivity index (χ0v) is 16.2. The van der Waals surface area contributed by atoms with Crippen LogP contribution in [-0.2, 0) is 17.8 Å². The number of rotatable bonds is 7. The van der Waals surface area contributed by atoms with Gasteiger partial charge in [-0.25, -0.2) is 9.97 Å². The fourth-order valence-corrected chi connectivity index (χ4v) is 3.65. The van der Waals surface area contributed by atoms with Crippen molar-refractivity contribution in [1.29, 1.82) is 0 Å². The second-order valence-corrected chi connectivity index (χ2v) is 6.83. The number of hydrogen-bond donors (Lipinski definition) is 1. The van der Waals surface area contributed by atoms with Crippen LogP contribution in [0.4, 0.5) is 0 Å². The van der Waals surface area contributed by atoms with Gasteiger partial charge in [0.05, 0.1) is 35.7 Å². The summed E-state index contributed by atoms with van der Waals surface area (Å²) in [4.78, 5) is 26.3. The van der Waals surface area contributed by atoms with Crippen LogP contribution in [0.15, 0.2) is 49.1 Å². The molecule has 1 amide bonds. The first-order chi connectivity index (χ1) is 13.7. The maximum absolute atomic E-state index is 13.1. The number of imidazole rings is 2. The van der Waals surface area contributed by atoms with Gasteiger partial charge in [-0.2, -0.15) is 0 Å². The molecule has 7 nitrogen and oxygen atoms in total. The summed E-state index contributed by atoms with van der Waals surface area (Å²) in [7, 11) is 0. The highest BCUT2D eigenvalue weighted by atomic mass is 16.2. The quantitative estimate of drug-likeness (QED) is 0.537. The van der Waals surface area contributed by atoms with Crippen LogP contribution in [0.5, 0.6) is 0 Å². The highest BCUT2D eigenvalue weighted by Gasteiger charge is 2.23. The van der Waals surface area contributed by atoms with Gasteiger partial charge in [0.15, 0.2) is 5.65 Å². The maximum atomic E-state index is 13.1. The van der Waals surface area contributed by atoms with E-state index in [1.54, 1.807) is 18.6 Å². The molecule has 1 N–H and O–H groups in total. The van der Waals surface area contributed by atoms with Crippen molar-refractivity contribution in [3.63, 3.8) is 0 Å². The molecular weight excluding hydrogens is 352 g/mol. The van der Waals surface area contributed by atoms with E-state index in [1.165, 1.54) is 0 Å². The smallest absolute Gasteiger partial charge is 0.243 e. The minimum absolute atomic E-state index is 0.00740. The molecule has 1 aromatic carbocycles. The monoisotopic (exact) mass is 376 g/mol. The van der Waals surface area contributed by atoms with Crippen LogP contribution in [0.25, 0.3) is 16.7 Å². The van der Waals surface area contributed by atoms with Crippen molar-refractivity contribution in [2.24, 2.45) is 0 Å². The van der Waals surface area contributed by atoms with E-state index >= 15 is 0 Å². The summed E-state index contributed by atoms with van der Waals surface area (Å²) in [5, 5.41) is 3.08. The lowest BCUT2D eigenvalue weighted by Gasteiger charge is -2.20. The lowest BCUT2D eigenvalue weighted by Crippen LogP contribution is -2.33. The van der Waals surface area contributed by atoms with Crippen LogP contribution >= 0.6 is 0 Å². The first-order valence-electron chi connectivity index (χ1n) is 9.72. The van der Waals surface area contributed by atoms with Crippen molar-refractivity contribution in [3.8, 4) is 0 Å². The van der Waals surface area contributed by atoms with Gasteiger partial charge >= 0.3 is 0 Å². The van der Waals surface area contributed by atoms with Crippen LogP contribution < -0.4 is 5.32 Å². The second-order valence-electron chi connectivity index (χ2n) is 6.83. The zero-order chi connectivity index (χ0) is 19.5. The SMILES string of the molecule is CCCc1nc2ccccc2n1[C@H](CC)C(=O)NCc1cnc2cnccn12. The van der Waals surface area contributed by atoms with Crippen molar-refractivity contribution < 1.29 is 4.79 Å². The maximum Gasteiger partial charge on any atom is 0.243 e. The largest absolute Gasteiger partial charge is 0.349 e. The molecule has 0 fully saturated rings. The van der Waals surface area contributed by atoms with Gasteiger partial charge in [0.1, 0.15) is 11.9 Å². The summed E-state index contributed by atoms with van der Waals surface area (Å²) in [5.41, 5.74) is 3.63. The van der Waals surface area contributed by atoms with Gasteiger partial charge in [0, 0.05) is 18.8 Å². The molecule has 144 valence electrons.